The number of carbonyl (C=O) groups excluding carboxylic acids is 2. The highest BCUT2D eigenvalue weighted by Gasteiger charge is 2.17. The van der Waals surface area contributed by atoms with Gasteiger partial charge in [-0.15, -0.1) is 11.6 Å². The van der Waals surface area contributed by atoms with Crippen LogP contribution in [0.5, 0.6) is 0 Å². The minimum Gasteiger partial charge on any atom is -0.462 e. The van der Waals surface area contributed by atoms with Crippen molar-refractivity contribution in [1.29, 1.82) is 0 Å². The first-order chi connectivity index (χ1) is 7.97. The molecule has 1 aromatic rings. The van der Waals surface area contributed by atoms with Crippen LogP contribution in [0.1, 0.15) is 34.6 Å². The zero-order valence-electron chi connectivity index (χ0n) is 9.70. The van der Waals surface area contributed by atoms with E-state index in [-0.39, 0.29) is 23.6 Å². The van der Waals surface area contributed by atoms with E-state index >= 15 is 0 Å². The third kappa shape index (κ3) is 3.20. The first-order valence-corrected chi connectivity index (χ1v) is 5.66. The molecule has 0 aromatic heterocycles. The molecule has 0 spiro atoms. The van der Waals surface area contributed by atoms with Crippen molar-refractivity contribution in [2.75, 3.05) is 12.3 Å². The van der Waals surface area contributed by atoms with Gasteiger partial charge in [-0.3, -0.25) is 4.79 Å². The van der Waals surface area contributed by atoms with E-state index in [4.69, 9.17) is 22.1 Å². The highest BCUT2D eigenvalue weighted by atomic mass is 35.5. The van der Waals surface area contributed by atoms with Crippen molar-refractivity contribution < 1.29 is 14.3 Å². The molecule has 0 bridgehead atoms. The Bertz CT molecular complexity index is 443. The smallest absolute Gasteiger partial charge is 0.340 e. The van der Waals surface area contributed by atoms with Gasteiger partial charge in [0.15, 0.2) is 5.78 Å². The summed E-state index contributed by atoms with van der Waals surface area (Å²) in [5, 5.41) is -0.645. The fourth-order valence-electron chi connectivity index (χ4n) is 1.32. The molecule has 4 nitrogen and oxygen atoms in total. The normalized spacial score (nSPS) is 11.9. The highest BCUT2D eigenvalue weighted by molar-refractivity contribution is 6.33. The van der Waals surface area contributed by atoms with E-state index in [2.05, 4.69) is 0 Å². The molecule has 0 aliphatic carbocycles. The molecule has 0 fully saturated rings. The van der Waals surface area contributed by atoms with Crippen LogP contribution in [-0.2, 0) is 4.74 Å². The minimum atomic E-state index is -0.645. The van der Waals surface area contributed by atoms with E-state index in [0.717, 1.165) is 0 Å². The Kier molecular flexibility index (Phi) is 4.52. The molecule has 17 heavy (non-hydrogen) atoms. The number of hydrogen-bond donors (Lipinski definition) is 1. The number of rotatable bonds is 4. The summed E-state index contributed by atoms with van der Waals surface area (Å²) in [5.41, 5.74) is 6.47. The lowest BCUT2D eigenvalue weighted by Crippen LogP contribution is -2.14. The van der Waals surface area contributed by atoms with Gasteiger partial charge >= 0.3 is 5.97 Å². The number of esters is 1. The van der Waals surface area contributed by atoms with Crippen molar-refractivity contribution in [1.82, 2.24) is 0 Å². The second kappa shape index (κ2) is 5.68. The number of Topliss-reactive ketones (excluding diaryl/α,β-unsaturated/α-hetero) is 1. The molecule has 0 amide bonds. The van der Waals surface area contributed by atoms with Crippen LogP contribution in [0.3, 0.4) is 0 Å². The predicted molar refractivity (Wildman–Crippen MR) is 66.5 cm³/mol. The van der Waals surface area contributed by atoms with Crippen molar-refractivity contribution >= 4 is 29.0 Å². The summed E-state index contributed by atoms with van der Waals surface area (Å²) >= 11 is 5.70. The Hall–Kier alpha value is -1.55. The summed E-state index contributed by atoms with van der Waals surface area (Å²) in [5.74, 6) is -0.793. The summed E-state index contributed by atoms with van der Waals surface area (Å²) in [7, 11) is 0. The molecule has 0 heterocycles. The van der Waals surface area contributed by atoms with Crippen LogP contribution in [0.15, 0.2) is 18.2 Å². The molecule has 0 saturated carbocycles. The van der Waals surface area contributed by atoms with Crippen LogP contribution >= 0.6 is 11.6 Å². The average Bonchev–Trinajstić information content (AvgIpc) is 2.28. The van der Waals surface area contributed by atoms with Crippen molar-refractivity contribution in [2.24, 2.45) is 0 Å². The number of carbonyl (C=O) groups is 2. The third-order valence-electron chi connectivity index (χ3n) is 2.19. The number of hydrogen-bond acceptors (Lipinski definition) is 4. The van der Waals surface area contributed by atoms with Gasteiger partial charge in [0.1, 0.15) is 0 Å². The van der Waals surface area contributed by atoms with Gasteiger partial charge in [-0.1, -0.05) is 0 Å². The Morgan fingerprint density at radius 3 is 2.65 bits per heavy atom. The lowest BCUT2D eigenvalue weighted by molar-refractivity contribution is 0.0527. The average molecular weight is 256 g/mol. The zero-order chi connectivity index (χ0) is 13.0. The SMILES string of the molecule is CCOC(=O)c1cc(C(=O)C(C)Cl)ccc1N. The third-order valence-corrected chi connectivity index (χ3v) is 2.39. The van der Waals surface area contributed by atoms with Crippen molar-refractivity contribution in [3.63, 3.8) is 0 Å². The number of nitrogens with two attached hydrogens (primary N) is 1. The van der Waals surface area contributed by atoms with Crippen LogP contribution < -0.4 is 5.73 Å². The molecule has 0 radical (unpaired) electrons. The standard InChI is InChI=1S/C12H14ClNO3/c1-3-17-12(16)9-6-8(4-5-10(9)14)11(15)7(2)13/h4-7H,3,14H2,1-2H3. The molecule has 0 aliphatic rings. The van der Waals surface area contributed by atoms with Gasteiger partial charge in [0.05, 0.1) is 17.5 Å². The van der Waals surface area contributed by atoms with E-state index in [9.17, 15) is 9.59 Å². The molecular weight excluding hydrogens is 242 g/mol. The summed E-state index contributed by atoms with van der Waals surface area (Å²) in [4.78, 5) is 23.2. The van der Waals surface area contributed by atoms with E-state index in [1.54, 1.807) is 19.9 Å². The topological polar surface area (TPSA) is 69.4 Å². The van der Waals surface area contributed by atoms with Gasteiger partial charge in [0.25, 0.3) is 0 Å². The second-order valence-electron chi connectivity index (χ2n) is 3.50. The molecule has 1 unspecified atom stereocenters. The van der Waals surface area contributed by atoms with Crippen LogP contribution in [-0.4, -0.2) is 23.7 Å². The fourth-order valence-corrected chi connectivity index (χ4v) is 1.45. The van der Waals surface area contributed by atoms with Crippen molar-refractivity contribution in [3.8, 4) is 0 Å². The van der Waals surface area contributed by atoms with Crippen LogP contribution in [0.4, 0.5) is 5.69 Å². The molecular formula is C12H14ClNO3. The molecule has 2 N–H and O–H groups in total. The number of benzene rings is 1. The first kappa shape index (κ1) is 13.5. The molecule has 0 aliphatic heterocycles. The second-order valence-corrected chi connectivity index (χ2v) is 4.16. The van der Waals surface area contributed by atoms with Crippen LogP contribution in [0.2, 0.25) is 0 Å². The maximum absolute atomic E-state index is 11.7. The number of anilines is 1. The number of nitrogen functional groups attached to an aromatic ring is 1. The van der Waals surface area contributed by atoms with E-state index < -0.39 is 11.3 Å². The van der Waals surface area contributed by atoms with Gasteiger partial charge in [0, 0.05) is 11.3 Å². The molecule has 92 valence electrons. The summed E-state index contributed by atoms with van der Waals surface area (Å²) < 4.78 is 4.84. The van der Waals surface area contributed by atoms with E-state index in [1.165, 1.54) is 12.1 Å². The van der Waals surface area contributed by atoms with Gasteiger partial charge in [-0.25, -0.2) is 4.79 Å². The maximum Gasteiger partial charge on any atom is 0.340 e. The quantitative estimate of drug-likeness (QED) is 0.388. The molecule has 1 atom stereocenters. The fraction of sp³-hybridized carbons (Fsp3) is 0.333. The summed E-state index contributed by atoms with van der Waals surface area (Å²) in [6.07, 6.45) is 0. The van der Waals surface area contributed by atoms with E-state index in [0.29, 0.717) is 5.56 Å². The van der Waals surface area contributed by atoms with Crippen LogP contribution in [0.25, 0.3) is 0 Å². The number of ketones is 1. The molecule has 0 saturated heterocycles. The van der Waals surface area contributed by atoms with Gasteiger partial charge in [-0.2, -0.15) is 0 Å². The number of alkyl halides is 1. The highest BCUT2D eigenvalue weighted by Crippen LogP contribution is 2.17. The van der Waals surface area contributed by atoms with Gasteiger partial charge in [-0.05, 0) is 32.0 Å². The lowest BCUT2D eigenvalue weighted by atomic mass is 10.0. The number of halogens is 1. The van der Waals surface area contributed by atoms with Crippen molar-refractivity contribution in [3.05, 3.63) is 29.3 Å². The Morgan fingerprint density at radius 1 is 1.47 bits per heavy atom. The van der Waals surface area contributed by atoms with Gasteiger partial charge in [0.2, 0.25) is 0 Å². The monoisotopic (exact) mass is 255 g/mol. The van der Waals surface area contributed by atoms with Crippen LogP contribution in [0, 0.1) is 0 Å². The minimum absolute atomic E-state index is 0.190. The Labute approximate surface area is 105 Å². The van der Waals surface area contributed by atoms with E-state index in [1.807, 2.05) is 0 Å². The predicted octanol–water partition coefficient (Wildman–Crippen LogP) is 2.26. The van der Waals surface area contributed by atoms with Crippen molar-refractivity contribution in [2.45, 2.75) is 19.2 Å². The Balaban J connectivity index is 3.10. The Morgan fingerprint density at radius 2 is 2.12 bits per heavy atom. The maximum atomic E-state index is 11.7. The largest absolute Gasteiger partial charge is 0.462 e. The zero-order valence-corrected chi connectivity index (χ0v) is 10.5. The molecule has 1 aromatic carbocycles. The van der Waals surface area contributed by atoms with Gasteiger partial charge < -0.3 is 10.5 Å². The molecule has 5 heteroatoms. The summed E-state index contributed by atoms with van der Waals surface area (Å²) in [6.45, 7) is 3.52. The first-order valence-electron chi connectivity index (χ1n) is 5.22. The summed E-state index contributed by atoms with van der Waals surface area (Å²) in [6, 6.07) is 4.45. The number of ether oxygens (including phenoxy) is 1. The molecule has 1 rings (SSSR count). The lowest BCUT2D eigenvalue weighted by Gasteiger charge is -2.08.